The molecular weight excluding hydrogens is 482 g/mol. The van der Waals surface area contributed by atoms with Crippen LogP contribution in [0.2, 0.25) is 0 Å². The maximum atomic E-state index is 13.4. The minimum atomic E-state index is -5.02. The number of nitrogens with zero attached hydrogens (tertiary/aromatic N) is 2. The Hall–Kier alpha value is -2.79. The van der Waals surface area contributed by atoms with Crippen LogP contribution in [0.5, 0.6) is 0 Å². The van der Waals surface area contributed by atoms with E-state index < -0.39 is 53.9 Å². The van der Waals surface area contributed by atoms with Crippen molar-refractivity contribution in [1.82, 2.24) is 9.80 Å². The zero-order chi connectivity index (χ0) is 26.1. The quantitative estimate of drug-likeness (QED) is 0.408. The van der Waals surface area contributed by atoms with Gasteiger partial charge in [0.15, 0.2) is 0 Å². The number of benzene rings is 1. The number of halogens is 6. The van der Waals surface area contributed by atoms with Crippen LogP contribution in [0.3, 0.4) is 0 Å². The van der Waals surface area contributed by atoms with Gasteiger partial charge in [-0.05, 0) is 55.9 Å². The molecule has 1 aliphatic heterocycles. The number of amides is 2. The summed E-state index contributed by atoms with van der Waals surface area (Å²) in [5, 5.41) is 0. The number of likely N-dealkylation sites (tertiary alicyclic amines) is 1. The predicted octanol–water partition coefficient (Wildman–Crippen LogP) is 4.26. The Morgan fingerprint density at radius 2 is 1.66 bits per heavy atom. The highest BCUT2D eigenvalue weighted by atomic mass is 19.4. The number of carbonyl (C=O) groups excluding carboxylic acids is 3. The molecule has 2 aliphatic rings. The topological polar surface area (TPSA) is 66.9 Å². The highest BCUT2D eigenvalue weighted by Crippen LogP contribution is 2.41. The molecule has 12 heteroatoms. The smallest absolute Gasteiger partial charge is 0.416 e. The summed E-state index contributed by atoms with van der Waals surface area (Å²) in [6, 6.07) is 0.341. The fraction of sp³-hybridized carbons (Fsp3) is 0.609. The molecule has 1 saturated heterocycles. The second-order valence-electron chi connectivity index (χ2n) is 8.86. The molecule has 6 nitrogen and oxygen atoms in total. The van der Waals surface area contributed by atoms with Crippen LogP contribution < -0.4 is 0 Å². The fourth-order valence-electron chi connectivity index (χ4n) is 4.44. The molecule has 0 spiro atoms. The van der Waals surface area contributed by atoms with E-state index in [4.69, 9.17) is 4.74 Å². The molecule has 0 aromatic heterocycles. The Morgan fingerprint density at radius 1 is 1.06 bits per heavy atom. The van der Waals surface area contributed by atoms with Gasteiger partial charge in [-0.1, -0.05) is 0 Å². The van der Waals surface area contributed by atoms with Crippen molar-refractivity contribution in [3.63, 3.8) is 0 Å². The molecule has 1 saturated carbocycles. The van der Waals surface area contributed by atoms with Crippen LogP contribution in [-0.4, -0.2) is 53.3 Å². The van der Waals surface area contributed by atoms with Crippen molar-refractivity contribution < 1.29 is 45.5 Å². The number of rotatable bonds is 7. The molecule has 2 amide bonds. The van der Waals surface area contributed by atoms with E-state index in [0.29, 0.717) is 37.9 Å². The molecule has 194 valence electrons. The van der Waals surface area contributed by atoms with E-state index in [-0.39, 0.29) is 36.6 Å². The molecular formula is C23H26F6N2O4. The molecule has 1 heterocycles. The Morgan fingerprint density at radius 3 is 2.17 bits per heavy atom. The van der Waals surface area contributed by atoms with Gasteiger partial charge in [-0.3, -0.25) is 14.4 Å². The van der Waals surface area contributed by atoms with Gasteiger partial charge in [-0.25, -0.2) is 0 Å². The van der Waals surface area contributed by atoms with Crippen molar-refractivity contribution in [2.45, 2.75) is 58.0 Å². The van der Waals surface area contributed by atoms with Gasteiger partial charge in [0.2, 0.25) is 11.8 Å². The standard InChI is InChI=1S/C23H26F6N2O4/c1-3-35-21(34)18-9-15(18)12-30(20(33)19-5-4-6-31(19)13(2)32)11-14-7-16(22(24,25)26)10-17(8-14)23(27,28)29/h7-8,10,15,18-19H,3-6,9,11-12H2,1-2H3. The highest BCUT2D eigenvalue weighted by molar-refractivity contribution is 5.87. The largest absolute Gasteiger partial charge is 0.466 e. The monoisotopic (exact) mass is 508 g/mol. The molecule has 1 aliphatic carbocycles. The third kappa shape index (κ3) is 6.46. The lowest BCUT2D eigenvalue weighted by Gasteiger charge is -2.30. The summed E-state index contributed by atoms with van der Waals surface area (Å²) in [5.74, 6) is -2.22. The summed E-state index contributed by atoms with van der Waals surface area (Å²) in [6.45, 7) is 2.83. The summed E-state index contributed by atoms with van der Waals surface area (Å²) < 4.78 is 84.8. The molecule has 2 fully saturated rings. The van der Waals surface area contributed by atoms with Crippen molar-refractivity contribution >= 4 is 17.8 Å². The number of esters is 1. The van der Waals surface area contributed by atoms with Crippen LogP contribution in [0, 0.1) is 11.8 Å². The summed E-state index contributed by atoms with van der Waals surface area (Å²) >= 11 is 0. The Bertz CT molecular complexity index is 945. The third-order valence-electron chi connectivity index (χ3n) is 6.24. The Labute approximate surface area is 198 Å². The van der Waals surface area contributed by atoms with Gasteiger partial charge in [-0.15, -0.1) is 0 Å². The van der Waals surface area contributed by atoms with Gasteiger partial charge < -0.3 is 14.5 Å². The van der Waals surface area contributed by atoms with Crippen LogP contribution >= 0.6 is 0 Å². The Kier molecular flexibility index (Phi) is 7.71. The van der Waals surface area contributed by atoms with Gasteiger partial charge in [-0.2, -0.15) is 26.3 Å². The van der Waals surface area contributed by atoms with E-state index in [1.807, 2.05) is 0 Å². The molecule has 3 atom stereocenters. The second kappa shape index (κ2) is 10.1. The molecule has 1 aromatic rings. The Balaban J connectivity index is 1.91. The number of hydrogen-bond acceptors (Lipinski definition) is 4. The lowest BCUT2D eigenvalue weighted by atomic mass is 10.0. The van der Waals surface area contributed by atoms with Crippen molar-refractivity contribution in [1.29, 1.82) is 0 Å². The minimum absolute atomic E-state index is 0.0296. The molecule has 3 rings (SSSR count). The van der Waals surface area contributed by atoms with Crippen LogP contribution in [0.15, 0.2) is 18.2 Å². The number of alkyl halides is 6. The van der Waals surface area contributed by atoms with E-state index in [2.05, 4.69) is 0 Å². The first-order chi connectivity index (χ1) is 16.2. The lowest BCUT2D eigenvalue weighted by Crippen LogP contribution is -2.47. The van der Waals surface area contributed by atoms with Crippen molar-refractivity contribution in [3.8, 4) is 0 Å². The highest BCUT2D eigenvalue weighted by Gasteiger charge is 2.47. The predicted molar refractivity (Wildman–Crippen MR) is 111 cm³/mol. The molecule has 35 heavy (non-hydrogen) atoms. The SMILES string of the molecule is CCOC(=O)C1CC1CN(Cc1cc(C(F)(F)F)cc(C(F)(F)F)c1)C(=O)C1CCCN1C(C)=O. The summed E-state index contributed by atoms with van der Waals surface area (Å²) in [6.07, 6.45) is -8.78. The van der Waals surface area contributed by atoms with Crippen molar-refractivity contribution in [3.05, 3.63) is 34.9 Å². The zero-order valence-electron chi connectivity index (χ0n) is 19.2. The number of carbonyl (C=O) groups is 3. The van der Waals surface area contributed by atoms with Gasteiger partial charge >= 0.3 is 18.3 Å². The average Bonchev–Trinajstić information content (AvgIpc) is 3.34. The van der Waals surface area contributed by atoms with Crippen molar-refractivity contribution in [2.75, 3.05) is 19.7 Å². The first-order valence-electron chi connectivity index (χ1n) is 11.2. The van der Waals surface area contributed by atoms with Crippen LogP contribution in [-0.2, 0) is 38.0 Å². The first-order valence-corrected chi connectivity index (χ1v) is 11.2. The summed E-state index contributed by atoms with van der Waals surface area (Å²) in [5.41, 5.74) is -3.30. The molecule has 1 aromatic carbocycles. The van der Waals surface area contributed by atoms with E-state index in [1.165, 1.54) is 11.8 Å². The molecule has 0 bridgehead atoms. The van der Waals surface area contributed by atoms with Gasteiger partial charge in [0.05, 0.1) is 23.7 Å². The van der Waals surface area contributed by atoms with Crippen LogP contribution in [0.25, 0.3) is 0 Å². The maximum Gasteiger partial charge on any atom is 0.416 e. The summed E-state index contributed by atoms with van der Waals surface area (Å²) in [7, 11) is 0. The van der Waals surface area contributed by atoms with Gasteiger partial charge in [0.25, 0.3) is 0 Å². The lowest BCUT2D eigenvalue weighted by molar-refractivity contribution is -0.146. The average molecular weight is 508 g/mol. The number of hydrogen-bond donors (Lipinski definition) is 0. The minimum Gasteiger partial charge on any atom is -0.466 e. The van der Waals surface area contributed by atoms with Crippen molar-refractivity contribution in [2.24, 2.45) is 11.8 Å². The molecule has 0 N–H and O–H groups in total. The molecule has 0 radical (unpaired) electrons. The molecule has 3 unspecified atom stereocenters. The third-order valence-corrected chi connectivity index (χ3v) is 6.24. The normalized spacial score (nSPS) is 22.2. The zero-order valence-corrected chi connectivity index (χ0v) is 19.2. The second-order valence-corrected chi connectivity index (χ2v) is 8.86. The van der Waals surface area contributed by atoms with Gasteiger partial charge in [0.1, 0.15) is 6.04 Å². The fourth-order valence-corrected chi connectivity index (χ4v) is 4.44. The maximum absolute atomic E-state index is 13.4. The van der Waals surface area contributed by atoms with E-state index in [9.17, 15) is 40.7 Å². The summed E-state index contributed by atoms with van der Waals surface area (Å²) in [4.78, 5) is 39.8. The van der Waals surface area contributed by atoms with E-state index in [0.717, 1.165) is 4.90 Å². The van der Waals surface area contributed by atoms with E-state index >= 15 is 0 Å². The van der Waals surface area contributed by atoms with Crippen LogP contribution in [0.1, 0.15) is 49.8 Å². The van der Waals surface area contributed by atoms with Crippen LogP contribution in [0.4, 0.5) is 26.3 Å². The first kappa shape index (κ1) is 26.8. The van der Waals surface area contributed by atoms with Gasteiger partial charge in [0, 0.05) is 26.6 Å². The number of ether oxygens (including phenoxy) is 1. The van der Waals surface area contributed by atoms with E-state index in [1.54, 1.807) is 6.92 Å².